The SMILES string of the molecule is CNc1cccc(N(C)C(=O)NC2=CC3CC3=CC=C2)c1. The molecule has 0 spiro atoms. The highest BCUT2D eigenvalue weighted by molar-refractivity contribution is 5.93. The van der Waals surface area contributed by atoms with Crippen LogP contribution in [0.2, 0.25) is 0 Å². The Kier molecular flexibility index (Phi) is 3.52. The average molecular weight is 281 g/mol. The van der Waals surface area contributed by atoms with Crippen molar-refractivity contribution in [3.63, 3.8) is 0 Å². The highest BCUT2D eigenvalue weighted by Gasteiger charge is 2.28. The lowest BCUT2D eigenvalue weighted by Gasteiger charge is -2.19. The van der Waals surface area contributed by atoms with E-state index in [0.29, 0.717) is 5.92 Å². The van der Waals surface area contributed by atoms with Crippen molar-refractivity contribution in [2.75, 3.05) is 24.3 Å². The molecule has 2 aliphatic carbocycles. The Morgan fingerprint density at radius 1 is 1.38 bits per heavy atom. The van der Waals surface area contributed by atoms with Crippen LogP contribution in [0.3, 0.4) is 0 Å². The maximum absolute atomic E-state index is 12.3. The second kappa shape index (κ2) is 5.48. The number of benzene rings is 1. The quantitative estimate of drug-likeness (QED) is 0.893. The molecule has 0 saturated heterocycles. The van der Waals surface area contributed by atoms with Crippen LogP contribution < -0.4 is 15.5 Å². The number of fused-ring (bicyclic) bond motifs is 1. The zero-order valence-electron chi connectivity index (χ0n) is 12.3. The number of carbonyl (C=O) groups is 1. The van der Waals surface area contributed by atoms with Crippen LogP contribution >= 0.6 is 0 Å². The molecule has 0 radical (unpaired) electrons. The number of anilines is 2. The van der Waals surface area contributed by atoms with Crippen LogP contribution in [0.4, 0.5) is 16.2 Å². The number of urea groups is 1. The number of hydrogen-bond donors (Lipinski definition) is 2. The van der Waals surface area contributed by atoms with Gasteiger partial charge in [-0.25, -0.2) is 4.79 Å². The van der Waals surface area contributed by atoms with Crippen molar-refractivity contribution in [2.45, 2.75) is 6.42 Å². The topological polar surface area (TPSA) is 44.4 Å². The highest BCUT2D eigenvalue weighted by atomic mass is 16.2. The van der Waals surface area contributed by atoms with Gasteiger partial charge in [0.25, 0.3) is 0 Å². The fraction of sp³-hybridized carbons (Fsp3) is 0.235. The first-order valence-electron chi connectivity index (χ1n) is 7.09. The molecule has 0 bridgehead atoms. The van der Waals surface area contributed by atoms with E-state index in [-0.39, 0.29) is 6.03 Å². The Labute approximate surface area is 124 Å². The molecule has 1 aromatic rings. The molecule has 1 saturated carbocycles. The molecule has 1 unspecified atom stereocenters. The predicted octanol–water partition coefficient (Wildman–Crippen LogP) is 3.27. The summed E-state index contributed by atoms with van der Waals surface area (Å²) >= 11 is 0. The summed E-state index contributed by atoms with van der Waals surface area (Å²) in [6.07, 6.45) is 9.29. The van der Waals surface area contributed by atoms with Crippen LogP contribution in [-0.2, 0) is 0 Å². The number of nitrogens with zero attached hydrogens (tertiary/aromatic N) is 1. The molecule has 0 heterocycles. The van der Waals surface area contributed by atoms with Gasteiger partial charge < -0.3 is 10.6 Å². The Hall–Kier alpha value is -2.49. The van der Waals surface area contributed by atoms with Crippen LogP contribution in [0, 0.1) is 5.92 Å². The van der Waals surface area contributed by atoms with Gasteiger partial charge in [-0.1, -0.05) is 29.9 Å². The molecule has 0 aromatic heterocycles. The van der Waals surface area contributed by atoms with Gasteiger partial charge in [0.05, 0.1) is 0 Å². The van der Waals surface area contributed by atoms with E-state index >= 15 is 0 Å². The van der Waals surface area contributed by atoms with Gasteiger partial charge in [0.15, 0.2) is 0 Å². The summed E-state index contributed by atoms with van der Waals surface area (Å²) in [6, 6.07) is 7.61. The minimum absolute atomic E-state index is 0.136. The summed E-state index contributed by atoms with van der Waals surface area (Å²) in [5.74, 6) is 0.508. The number of rotatable bonds is 3. The van der Waals surface area contributed by atoms with Gasteiger partial charge in [-0.15, -0.1) is 0 Å². The summed E-state index contributed by atoms with van der Waals surface area (Å²) < 4.78 is 0. The van der Waals surface area contributed by atoms with Crippen molar-refractivity contribution in [3.05, 3.63) is 59.8 Å². The molecular weight excluding hydrogens is 262 g/mol. The van der Waals surface area contributed by atoms with Crippen molar-refractivity contribution in [1.82, 2.24) is 5.32 Å². The van der Waals surface area contributed by atoms with Crippen molar-refractivity contribution in [1.29, 1.82) is 0 Å². The minimum Gasteiger partial charge on any atom is -0.388 e. The first kappa shape index (κ1) is 13.5. The monoisotopic (exact) mass is 281 g/mol. The van der Waals surface area contributed by atoms with Gasteiger partial charge in [0, 0.05) is 37.1 Å². The van der Waals surface area contributed by atoms with Gasteiger partial charge >= 0.3 is 6.03 Å². The third-order valence-corrected chi connectivity index (χ3v) is 3.82. The number of amides is 2. The van der Waals surface area contributed by atoms with Gasteiger partial charge in [-0.2, -0.15) is 0 Å². The summed E-state index contributed by atoms with van der Waals surface area (Å²) in [7, 11) is 3.63. The first-order valence-corrected chi connectivity index (χ1v) is 7.09. The Morgan fingerprint density at radius 2 is 2.24 bits per heavy atom. The number of nitrogens with one attached hydrogen (secondary N) is 2. The van der Waals surface area contributed by atoms with Crippen LogP contribution in [0.15, 0.2) is 59.8 Å². The maximum Gasteiger partial charge on any atom is 0.326 e. The van der Waals surface area contributed by atoms with Crippen molar-refractivity contribution >= 4 is 17.4 Å². The van der Waals surface area contributed by atoms with E-state index in [2.05, 4.69) is 22.8 Å². The molecule has 1 aromatic carbocycles. The summed E-state index contributed by atoms with van der Waals surface area (Å²) in [4.78, 5) is 14.0. The van der Waals surface area contributed by atoms with Gasteiger partial charge in [0.1, 0.15) is 0 Å². The van der Waals surface area contributed by atoms with Crippen LogP contribution in [0.5, 0.6) is 0 Å². The zero-order chi connectivity index (χ0) is 14.8. The van der Waals surface area contributed by atoms with E-state index < -0.39 is 0 Å². The zero-order valence-corrected chi connectivity index (χ0v) is 12.3. The number of hydrogen-bond acceptors (Lipinski definition) is 2. The van der Waals surface area contributed by atoms with Crippen LogP contribution in [0.1, 0.15) is 6.42 Å². The molecule has 2 amide bonds. The van der Waals surface area contributed by atoms with Gasteiger partial charge in [-0.05, 0) is 30.7 Å². The molecule has 3 rings (SSSR count). The standard InChI is InChI=1S/C17H19N3O/c1-18-14-6-4-8-16(11-14)20(2)17(21)19-15-7-3-5-12-9-13(12)10-15/h3-8,10-11,13,18H,9H2,1-2H3,(H,19,21). The summed E-state index contributed by atoms with van der Waals surface area (Å²) in [5.41, 5.74) is 4.13. The van der Waals surface area contributed by atoms with E-state index in [9.17, 15) is 4.79 Å². The Bertz CT molecular complexity index is 658. The second-order valence-corrected chi connectivity index (χ2v) is 5.32. The minimum atomic E-state index is -0.136. The molecule has 2 N–H and O–H groups in total. The Morgan fingerprint density at radius 3 is 3.05 bits per heavy atom. The number of allylic oxidation sites excluding steroid dienone is 5. The molecule has 1 fully saturated rings. The van der Waals surface area contributed by atoms with E-state index in [1.165, 1.54) is 5.57 Å². The highest BCUT2D eigenvalue weighted by Crippen LogP contribution is 2.40. The fourth-order valence-electron chi connectivity index (χ4n) is 2.38. The van der Waals surface area contributed by atoms with Crippen molar-refractivity contribution < 1.29 is 4.79 Å². The van der Waals surface area contributed by atoms with E-state index in [1.54, 1.807) is 11.9 Å². The average Bonchev–Trinajstić information content (AvgIpc) is 3.25. The molecule has 21 heavy (non-hydrogen) atoms. The molecule has 4 nitrogen and oxygen atoms in total. The molecule has 4 heteroatoms. The van der Waals surface area contributed by atoms with Gasteiger partial charge in [0.2, 0.25) is 0 Å². The largest absolute Gasteiger partial charge is 0.388 e. The maximum atomic E-state index is 12.3. The van der Waals surface area contributed by atoms with Crippen molar-refractivity contribution in [2.24, 2.45) is 5.92 Å². The van der Waals surface area contributed by atoms with E-state index in [1.807, 2.05) is 43.5 Å². The lowest BCUT2D eigenvalue weighted by Crippen LogP contribution is -2.36. The van der Waals surface area contributed by atoms with E-state index in [0.717, 1.165) is 23.5 Å². The third-order valence-electron chi connectivity index (χ3n) is 3.82. The molecular formula is C17H19N3O. The second-order valence-electron chi connectivity index (χ2n) is 5.32. The molecule has 1 atom stereocenters. The summed E-state index contributed by atoms with van der Waals surface area (Å²) in [5, 5.41) is 6.03. The lowest BCUT2D eigenvalue weighted by atomic mass is 10.2. The van der Waals surface area contributed by atoms with E-state index in [4.69, 9.17) is 0 Å². The first-order chi connectivity index (χ1) is 10.2. The molecule has 2 aliphatic rings. The smallest absolute Gasteiger partial charge is 0.326 e. The molecule has 0 aliphatic heterocycles. The van der Waals surface area contributed by atoms with Crippen LogP contribution in [-0.4, -0.2) is 20.1 Å². The lowest BCUT2D eigenvalue weighted by molar-refractivity contribution is 0.250. The Balaban J connectivity index is 1.70. The third kappa shape index (κ3) is 2.99. The predicted molar refractivity (Wildman–Crippen MR) is 86.3 cm³/mol. The normalized spacial score (nSPS) is 18.9. The van der Waals surface area contributed by atoms with Gasteiger partial charge in [-0.3, -0.25) is 4.90 Å². The van der Waals surface area contributed by atoms with Crippen LogP contribution in [0.25, 0.3) is 0 Å². The molecule has 108 valence electrons. The number of carbonyl (C=O) groups excluding carboxylic acids is 1. The summed E-state index contributed by atoms with van der Waals surface area (Å²) in [6.45, 7) is 0. The van der Waals surface area contributed by atoms with Crippen molar-refractivity contribution in [3.8, 4) is 0 Å². The fourth-order valence-corrected chi connectivity index (χ4v) is 2.38.